The Balaban J connectivity index is 2.29. The molecule has 0 unspecified atom stereocenters. The Morgan fingerprint density at radius 1 is 1.14 bits per heavy atom. The van der Waals surface area contributed by atoms with Crippen LogP contribution in [0.4, 0.5) is 0 Å². The Morgan fingerprint density at radius 3 is 2.57 bits per heavy atom. The Labute approximate surface area is 128 Å². The predicted molar refractivity (Wildman–Crippen MR) is 89.5 cm³/mol. The lowest BCUT2D eigenvalue weighted by atomic mass is 9.93. The summed E-state index contributed by atoms with van der Waals surface area (Å²) in [5, 5.41) is 0. The van der Waals surface area contributed by atoms with E-state index in [1.807, 2.05) is 12.1 Å². The Hall–Kier alpha value is -2.07. The molecular formula is C20H23N. The third-order valence-corrected chi connectivity index (χ3v) is 3.96. The number of hydrogen-bond acceptors (Lipinski definition) is 1. The van der Waals surface area contributed by atoms with Crippen molar-refractivity contribution in [1.82, 2.24) is 4.98 Å². The van der Waals surface area contributed by atoms with Gasteiger partial charge in [0.2, 0.25) is 0 Å². The molecule has 0 radical (unpaired) electrons. The summed E-state index contributed by atoms with van der Waals surface area (Å²) in [6.07, 6.45) is 8.65. The molecule has 0 aliphatic heterocycles. The Bertz CT molecular complexity index is 645. The van der Waals surface area contributed by atoms with Gasteiger partial charge in [0.25, 0.3) is 0 Å². The van der Waals surface area contributed by atoms with Gasteiger partial charge in [0, 0.05) is 23.4 Å². The van der Waals surface area contributed by atoms with Gasteiger partial charge in [0.05, 0.1) is 0 Å². The SMILES string of the molecule is C#Cc1cccc(Cc2cc(C(CC)CC)cc(C)n2)c1. The highest BCUT2D eigenvalue weighted by atomic mass is 14.7. The first-order valence-corrected chi connectivity index (χ1v) is 7.69. The van der Waals surface area contributed by atoms with Gasteiger partial charge in [-0.2, -0.15) is 0 Å². The van der Waals surface area contributed by atoms with E-state index < -0.39 is 0 Å². The van der Waals surface area contributed by atoms with Crippen molar-refractivity contribution >= 4 is 0 Å². The minimum absolute atomic E-state index is 0.627. The van der Waals surface area contributed by atoms with E-state index in [1.165, 1.54) is 24.0 Å². The van der Waals surface area contributed by atoms with Gasteiger partial charge in [-0.1, -0.05) is 31.9 Å². The molecule has 1 aromatic heterocycles. The van der Waals surface area contributed by atoms with Gasteiger partial charge in [-0.3, -0.25) is 4.98 Å². The van der Waals surface area contributed by atoms with Crippen LogP contribution in [0.1, 0.15) is 60.7 Å². The first kappa shape index (κ1) is 15.3. The van der Waals surface area contributed by atoms with Crippen LogP contribution in [0.15, 0.2) is 36.4 Å². The van der Waals surface area contributed by atoms with E-state index >= 15 is 0 Å². The number of nitrogens with zero attached hydrogens (tertiary/aromatic N) is 1. The average molecular weight is 277 g/mol. The molecule has 0 amide bonds. The molecule has 1 heteroatoms. The van der Waals surface area contributed by atoms with Gasteiger partial charge < -0.3 is 0 Å². The van der Waals surface area contributed by atoms with Gasteiger partial charge in [-0.05, 0) is 61.1 Å². The molecule has 0 aliphatic carbocycles. The van der Waals surface area contributed by atoms with Crippen LogP contribution < -0.4 is 0 Å². The van der Waals surface area contributed by atoms with Crippen molar-refractivity contribution in [2.45, 2.75) is 46.0 Å². The highest BCUT2D eigenvalue weighted by Gasteiger charge is 2.10. The molecule has 0 spiro atoms. The fourth-order valence-corrected chi connectivity index (χ4v) is 2.83. The van der Waals surface area contributed by atoms with Crippen LogP contribution in [0.25, 0.3) is 0 Å². The van der Waals surface area contributed by atoms with E-state index in [0.29, 0.717) is 5.92 Å². The van der Waals surface area contributed by atoms with E-state index in [2.05, 4.69) is 55.9 Å². The Morgan fingerprint density at radius 2 is 1.90 bits per heavy atom. The van der Waals surface area contributed by atoms with Crippen molar-refractivity contribution in [3.8, 4) is 12.3 Å². The second-order valence-corrected chi connectivity index (χ2v) is 5.57. The highest BCUT2D eigenvalue weighted by Crippen LogP contribution is 2.24. The fourth-order valence-electron chi connectivity index (χ4n) is 2.83. The molecule has 0 bridgehead atoms. The van der Waals surface area contributed by atoms with Gasteiger partial charge in [0.1, 0.15) is 0 Å². The molecule has 1 aromatic carbocycles. The molecule has 0 saturated carbocycles. The quantitative estimate of drug-likeness (QED) is 0.711. The molecular weight excluding hydrogens is 254 g/mol. The lowest BCUT2D eigenvalue weighted by molar-refractivity contribution is 0.639. The summed E-state index contributed by atoms with van der Waals surface area (Å²) in [5.74, 6) is 3.32. The fraction of sp³-hybridized carbons (Fsp3) is 0.350. The van der Waals surface area contributed by atoms with Crippen molar-refractivity contribution < 1.29 is 0 Å². The van der Waals surface area contributed by atoms with Crippen LogP contribution in [0.2, 0.25) is 0 Å². The summed E-state index contributed by atoms with van der Waals surface area (Å²) >= 11 is 0. The predicted octanol–water partition coefficient (Wildman–Crippen LogP) is 4.87. The zero-order valence-corrected chi connectivity index (χ0v) is 13.2. The van der Waals surface area contributed by atoms with Crippen LogP contribution in [0, 0.1) is 19.3 Å². The monoisotopic (exact) mass is 277 g/mol. The summed E-state index contributed by atoms with van der Waals surface area (Å²) in [5.41, 5.74) is 5.79. The van der Waals surface area contributed by atoms with Crippen molar-refractivity contribution in [2.75, 3.05) is 0 Å². The van der Waals surface area contributed by atoms with Gasteiger partial charge in [-0.15, -0.1) is 6.42 Å². The third-order valence-electron chi connectivity index (χ3n) is 3.96. The first-order valence-electron chi connectivity index (χ1n) is 7.69. The maximum atomic E-state index is 5.47. The summed E-state index contributed by atoms with van der Waals surface area (Å²) < 4.78 is 0. The molecule has 2 rings (SSSR count). The van der Waals surface area contributed by atoms with Crippen LogP contribution in [-0.4, -0.2) is 4.98 Å². The number of pyridine rings is 1. The van der Waals surface area contributed by atoms with Crippen molar-refractivity contribution in [3.63, 3.8) is 0 Å². The van der Waals surface area contributed by atoms with Crippen molar-refractivity contribution in [1.29, 1.82) is 0 Å². The van der Waals surface area contributed by atoms with Crippen LogP contribution in [-0.2, 0) is 6.42 Å². The van der Waals surface area contributed by atoms with E-state index in [4.69, 9.17) is 6.42 Å². The van der Waals surface area contributed by atoms with Gasteiger partial charge >= 0.3 is 0 Å². The lowest BCUT2D eigenvalue weighted by Gasteiger charge is -2.15. The standard InChI is InChI=1S/C20H23N/c1-5-16-9-8-10-17(12-16)13-20-14-19(11-15(4)21-20)18(6-2)7-3/h1,8-12,14,18H,6-7,13H2,2-4H3. The number of aromatic nitrogens is 1. The molecule has 0 saturated heterocycles. The minimum atomic E-state index is 0.627. The van der Waals surface area contributed by atoms with Crippen LogP contribution in [0.3, 0.4) is 0 Å². The van der Waals surface area contributed by atoms with Crippen LogP contribution in [0.5, 0.6) is 0 Å². The second kappa shape index (κ2) is 7.09. The van der Waals surface area contributed by atoms with E-state index in [1.54, 1.807) is 0 Å². The molecule has 1 heterocycles. The molecule has 0 N–H and O–H groups in total. The average Bonchev–Trinajstić information content (AvgIpc) is 2.48. The summed E-state index contributed by atoms with van der Waals surface area (Å²) in [7, 11) is 0. The molecule has 108 valence electrons. The third kappa shape index (κ3) is 3.95. The molecule has 0 fully saturated rings. The normalized spacial score (nSPS) is 10.6. The minimum Gasteiger partial charge on any atom is -0.258 e. The largest absolute Gasteiger partial charge is 0.258 e. The molecule has 1 nitrogen and oxygen atoms in total. The topological polar surface area (TPSA) is 12.9 Å². The highest BCUT2D eigenvalue weighted by molar-refractivity contribution is 5.37. The van der Waals surface area contributed by atoms with Gasteiger partial charge in [-0.25, -0.2) is 0 Å². The molecule has 21 heavy (non-hydrogen) atoms. The van der Waals surface area contributed by atoms with E-state index in [9.17, 15) is 0 Å². The van der Waals surface area contributed by atoms with E-state index in [-0.39, 0.29) is 0 Å². The number of benzene rings is 1. The lowest BCUT2D eigenvalue weighted by Crippen LogP contribution is -2.01. The van der Waals surface area contributed by atoms with Crippen molar-refractivity contribution in [2.24, 2.45) is 0 Å². The van der Waals surface area contributed by atoms with Crippen molar-refractivity contribution in [3.05, 3.63) is 64.5 Å². The molecule has 2 aromatic rings. The summed E-state index contributed by atoms with van der Waals surface area (Å²) in [6.45, 7) is 6.58. The summed E-state index contributed by atoms with van der Waals surface area (Å²) in [4.78, 5) is 4.68. The number of rotatable bonds is 5. The zero-order valence-electron chi connectivity index (χ0n) is 13.2. The summed E-state index contributed by atoms with van der Waals surface area (Å²) in [6, 6.07) is 12.6. The molecule has 0 atom stereocenters. The van der Waals surface area contributed by atoms with Crippen LogP contribution >= 0.6 is 0 Å². The smallest absolute Gasteiger partial charge is 0.0453 e. The Kier molecular flexibility index (Phi) is 5.17. The van der Waals surface area contributed by atoms with Gasteiger partial charge in [0.15, 0.2) is 0 Å². The first-order chi connectivity index (χ1) is 10.2. The van der Waals surface area contributed by atoms with E-state index in [0.717, 1.165) is 23.4 Å². The maximum absolute atomic E-state index is 5.47. The molecule has 0 aliphatic rings. The zero-order chi connectivity index (χ0) is 15.2. The number of terminal acetylenes is 1. The maximum Gasteiger partial charge on any atom is 0.0453 e. The number of aryl methyl sites for hydroxylation is 1. The number of hydrogen-bond donors (Lipinski definition) is 0. The second-order valence-electron chi connectivity index (χ2n) is 5.57.